The van der Waals surface area contributed by atoms with Crippen LogP contribution >= 0.6 is 15.6 Å². The number of hydrogen-bond acceptors (Lipinski definition) is 18. The van der Waals surface area contributed by atoms with E-state index in [9.17, 15) is 38.4 Å². The zero-order chi connectivity index (χ0) is 34.3. The summed E-state index contributed by atoms with van der Waals surface area (Å²) in [6, 6.07) is 0. The molecule has 4 aromatic rings. The number of aromatic amines is 2. The number of aliphatic hydroxyl groups excluding tert-OH is 1. The number of carbonyl (C=O) groups excluding carboxylic acids is 1. The lowest BCUT2D eigenvalue weighted by Gasteiger charge is -2.28. The second kappa shape index (κ2) is 11.6. The largest absolute Gasteiger partial charge is 0.472 e. The van der Waals surface area contributed by atoms with E-state index >= 15 is 0 Å². The summed E-state index contributed by atoms with van der Waals surface area (Å²) in [5, 5.41) is 11.2. The maximum absolute atomic E-state index is 13.3. The van der Waals surface area contributed by atoms with Crippen molar-refractivity contribution < 1.29 is 56.4 Å². The molecule has 0 saturated carbocycles. The van der Waals surface area contributed by atoms with E-state index in [1.807, 2.05) is 0 Å². The summed E-state index contributed by atoms with van der Waals surface area (Å²) in [4.78, 5) is 79.5. The molecule has 4 aromatic heterocycles. The number of phosphoric acid groups is 2. The van der Waals surface area contributed by atoms with Crippen molar-refractivity contribution >= 4 is 55.7 Å². The number of aromatic nitrogens is 8. The Morgan fingerprint density at radius 1 is 0.854 bits per heavy atom. The molecule has 0 radical (unpaired) electrons. The average molecular weight is 716 g/mol. The van der Waals surface area contributed by atoms with E-state index < -0.39 is 94.7 Å². The van der Waals surface area contributed by atoms with Crippen LogP contribution in [-0.2, 0) is 41.5 Å². The van der Waals surface area contributed by atoms with Crippen LogP contribution in [0, 0.1) is 5.92 Å². The predicted molar refractivity (Wildman–Crippen MR) is 154 cm³/mol. The zero-order valence-electron chi connectivity index (χ0n) is 24.3. The van der Waals surface area contributed by atoms with Gasteiger partial charge < -0.3 is 35.8 Å². The number of rotatable bonds is 3. The highest BCUT2D eigenvalue weighted by Crippen LogP contribution is 2.54. The number of imidazole rings is 2. The molecule has 0 aromatic carbocycles. The summed E-state index contributed by atoms with van der Waals surface area (Å²) >= 11 is 0. The van der Waals surface area contributed by atoms with Gasteiger partial charge in [-0.1, -0.05) is 0 Å². The van der Waals surface area contributed by atoms with Crippen molar-refractivity contribution in [2.24, 2.45) is 5.92 Å². The van der Waals surface area contributed by atoms with Gasteiger partial charge in [-0.25, -0.2) is 19.1 Å². The van der Waals surface area contributed by atoms with Gasteiger partial charge in [-0.3, -0.25) is 51.6 Å². The number of nitrogens with zero attached hydrogens (tertiary/aromatic N) is 6. The number of nitrogens with one attached hydrogen (secondary N) is 2. The van der Waals surface area contributed by atoms with E-state index in [1.165, 1.54) is 4.57 Å². The molecule has 0 spiro atoms. The van der Waals surface area contributed by atoms with Crippen molar-refractivity contribution in [3.63, 3.8) is 0 Å². The summed E-state index contributed by atoms with van der Waals surface area (Å²) in [5.41, 5.74) is 9.36. The van der Waals surface area contributed by atoms with Crippen molar-refractivity contribution in [1.29, 1.82) is 0 Å². The van der Waals surface area contributed by atoms with E-state index in [1.54, 1.807) is 0 Å². The number of carbonyl (C=O) groups is 1. The van der Waals surface area contributed by atoms with Gasteiger partial charge in [0.15, 0.2) is 28.6 Å². The molecule has 3 saturated heterocycles. The summed E-state index contributed by atoms with van der Waals surface area (Å²) < 4.78 is 61.6. The number of nitrogen functional groups attached to an aromatic ring is 2. The first kappa shape index (κ1) is 32.6. The molecule has 258 valence electrons. The first-order chi connectivity index (χ1) is 22.6. The van der Waals surface area contributed by atoms with E-state index in [-0.39, 0.29) is 34.2 Å². The minimum Gasteiger partial charge on any atom is -0.386 e. The fraction of sp³-hybridized carbons (Fsp3) is 0.500. The van der Waals surface area contributed by atoms with Crippen LogP contribution in [0.3, 0.4) is 0 Å². The van der Waals surface area contributed by atoms with Gasteiger partial charge in [0.1, 0.15) is 42.5 Å². The van der Waals surface area contributed by atoms with Gasteiger partial charge in [-0.15, -0.1) is 0 Å². The average Bonchev–Trinajstić information content (AvgIpc) is 3.75. The van der Waals surface area contributed by atoms with E-state index in [4.69, 9.17) is 39.0 Å². The quantitative estimate of drug-likeness (QED) is 0.111. The van der Waals surface area contributed by atoms with Crippen LogP contribution in [0.25, 0.3) is 22.3 Å². The topological polar surface area (TPSA) is 346 Å². The third-order valence-electron chi connectivity index (χ3n) is 7.88. The third kappa shape index (κ3) is 5.65. The monoisotopic (exact) mass is 716 g/mol. The number of hydrogen-bond donors (Lipinski definition) is 7. The highest BCUT2D eigenvalue weighted by molar-refractivity contribution is 7.47. The molecule has 3 fully saturated rings. The highest BCUT2D eigenvalue weighted by atomic mass is 31.2. The molecule has 10 atom stereocenters. The number of ether oxygens (including phenoxy) is 2. The van der Waals surface area contributed by atoms with Crippen molar-refractivity contribution in [3.8, 4) is 0 Å². The van der Waals surface area contributed by atoms with Gasteiger partial charge in [0.05, 0.1) is 31.8 Å². The van der Waals surface area contributed by atoms with E-state index in [2.05, 4.69) is 29.9 Å². The smallest absolute Gasteiger partial charge is 0.386 e. The lowest BCUT2D eigenvalue weighted by Crippen LogP contribution is -2.39. The van der Waals surface area contributed by atoms with Gasteiger partial charge in [0.2, 0.25) is 11.9 Å². The number of nitrogens with two attached hydrogens (primary N) is 2. The molecular weight excluding hydrogens is 690 g/mol. The predicted octanol–water partition coefficient (Wildman–Crippen LogP) is -2.20. The van der Waals surface area contributed by atoms with Gasteiger partial charge in [0, 0.05) is 0 Å². The first-order valence-corrected chi connectivity index (χ1v) is 16.9. The van der Waals surface area contributed by atoms with Gasteiger partial charge >= 0.3 is 15.6 Å². The molecule has 24 nitrogen and oxygen atoms in total. The second-order valence-corrected chi connectivity index (χ2v) is 13.8. The van der Waals surface area contributed by atoms with Gasteiger partial charge in [0.25, 0.3) is 11.1 Å². The first-order valence-electron chi connectivity index (χ1n) is 13.9. The van der Waals surface area contributed by atoms with Crippen LogP contribution < -0.4 is 22.6 Å². The van der Waals surface area contributed by atoms with Gasteiger partial charge in [-0.2, -0.15) is 9.97 Å². The lowest BCUT2D eigenvalue weighted by atomic mass is 9.96. The van der Waals surface area contributed by atoms with E-state index in [0.717, 1.165) is 24.1 Å². The van der Waals surface area contributed by atoms with Gasteiger partial charge in [-0.05, 0) is 6.92 Å². The zero-order valence-corrected chi connectivity index (χ0v) is 26.0. The minimum atomic E-state index is -5.13. The summed E-state index contributed by atoms with van der Waals surface area (Å²) in [7, 11) is -10.3. The molecule has 2 unspecified atom stereocenters. The Labute approximate surface area is 265 Å². The number of ketones is 1. The Morgan fingerprint density at radius 3 is 1.83 bits per heavy atom. The number of anilines is 2. The molecule has 0 bridgehead atoms. The standard InChI is InChI=1S/C22H26N10O14P2/c1-6(33)9-13-7(43-19(9)31-4-25-10-15(31)27-21(23)29-17(10)35)2-41-48(39,40)46-14-8(3-42-47(37,38)45-13)44-20(12(14)34)32-5-26-11-16(32)28-22(24)30-18(11)36/h4-5,7-9,12-14,19-20,34H,2-3H2,1H3,(H,37,38)(H,39,40)(H3,23,27,29,35)(H3,24,28,30,36)/t7-,8+,9-,12+,13-,14+,19-,20+/m1/s1. The van der Waals surface area contributed by atoms with Crippen molar-refractivity contribution in [2.45, 2.75) is 49.9 Å². The van der Waals surface area contributed by atoms with Crippen molar-refractivity contribution in [2.75, 3.05) is 24.7 Å². The van der Waals surface area contributed by atoms with Crippen LogP contribution in [0.1, 0.15) is 19.4 Å². The fourth-order valence-corrected chi connectivity index (χ4v) is 7.78. The van der Waals surface area contributed by atoms with Crippen LogP contribution in [0.15, 0.2) is 22.2 Å². The van der Waals surface area contributed by atoms with Crippen LogP contribution in [0.4, 0.5) is 11.9 Å². The van der Waals surface area contributed by atoms with Crippen molar-refractivity contribution in [3.05, 3.63) is 33.4 Å². The third-order valence-corrected chi connectivity index (χ3v) is 9.85. The Balaban J connectivity index is 1.21. The van der Waals surface area contributed by atoms with Crippen LogP contribution in [0.2, 0.25) is 0 Å². The minimum absolute atomic E-state index is 0.105. The number of Topliss-reactive ketones (excluding diaryl/α,β-unsaturated/α-hetero) is 1. The molecule has 9 N–H and O–H groups in total. The Kier molecular flexibility index (Phi) is 7.88. The molecule has 7 heterocycles. The lowest BCUT2D eigenvalue weighted by molar-refractivity contribution is -0.126. The van der Waals surface area contributed by atoms with Crippen LogP contribution in [0.5, 0.6) is 0 Å². The number of H-pyrrole nitrogens is 2. The summed E-state index contributed by atoms with van der Waals surface area (Å²) in [6.07, 6.45) is -8.91. The van der Waals surface area contributed by atoms with Crippen molar-refractivity contribution in [1.82, 2.24) is 39.0 Å². The maximum Gasteiger partial charge on any atom is 0.472 e. The SMILES string of the molecule is CC(=O)[C@@H]1[C@@H]2OP(=O)(O)OC[C@@H]3O[C@H](n4cnc5c(=O)[nH]c(N)nc54)[C@@H](O)[C@H]3OP(=O)(O)OC[C@H]2O[C@H]1n1cnc2c(=O)[nH]c(N)nc21. The Hall–Kier alpha value is -3.93. The number of fused-ring (bicyclic) bond motifs is 4. The molecule has 26 heteroatoms. The van der Waals surface area contributed by atoms with E-state index in [0.29, 0.717) is 0 Å². The highest BCUT2D eigenvalue weighted by Gasteiger charge is 2.55. The molecular formula is C22H26N10O14P2. The molecule has 7 rings (SSSR count). The Bertz CT molecular complexity index is 2150. The molecule has 3 aliphatic heterocycles. The normalized spacial score (nSPS) is 36.0. The molecule has 3 aliphatic rings. The molecule has 0 aliphatic carbocycles. The maximum atomic E-state index is 13.3. The Morgan fingerprint density at radius 2 is 1.31 bits per heavy atom. The summed E-state index contributed by atoms with van der Waals surface area (Å²) in [6.45, 7) is -0.605. The fourth-order valence-electron chi connectivity index (χ4n) is 5.85. The number of phosphoric ester groups is 2. The second-order valence-electron chi connectivity index (χ2n) is 11.0. The molecule has 48 heavy (non-hydrogen) atoms. The summed E-state index contributed by atoms with van der Waals surface area (Å²) in [5.74, 6) is -2.61. The molecule has 0 amide bonds. The number of aliphatic hydroxyl groups is 1. The van der Waals surface area contributed by atoms with Crippen LogP contribution in [-0.4, -0.2) is 103 Å².